The molecule has 1 rings (SSSR count). The van der Waals surface area contributed by atoms with Crippen LogP contribution in [-0.2, 0) is 42.9 Å². The first-order valence-corrected chi connectivity index (χ1v) is 29.3. The van der Waals surface area contributed by atoms with Crippen molar-refractivity contribution >= 4 is 23.9 Å². The standard InChI is InChI=1S/C59H106O12/c1-4-7-10-13-16-19-21-23-25-26-28-29-31-34-36-39-42-45-51(60)67-48-50(69-52(61)46-43-40-38-35-32-30-27-24-22-20-17-14-11-8-5-2)49-68-59-57(55(64)54(63)56(71-59)58(65)66)70-53(62)47-44-41-37-33-18-15-12-9-6-3/h17,20,24,27,50,54-57,59,63-64H,4-16,18-19,21-23,25-26,28-49H2,1-3H3,(H,65,66)/b20-17-,27-24-. The molecule has 12 nitrogen and oxygen atoms in total. The number of carbonyl (C=O) groups is 4. The molecule has 0 aromatic heterocycles. The first-order valence-electron chi connectivity index (χ1n) is 29.3. The number of ether oxygens (including phenoxy) is 5. The number of aliphatic carboxylic acids is 1. The minimum absolute atomic E-state index is 0.0635. The van der Waals surface area contributed by atoms with Gasteiger partial charge in [-0.1, -0.05) is 231 Å². The van der Waals surface area contributed by atoms with Crippen LogP contribution < -0.4 is 0 Å². The summed E-state index contributed by atoms with van der Waals surface area (Å²) in [5.74, 6) is -3.11. The quantitative estimate of drug-likeness (QED) is 0.0228. The molecule has 1 aliphatic rings. The largest absolute Gasteiger partial charge is 0.479 e. The van der Waals surface area contributed by atoms with Gasteiger partial charge in [0.05, 0.1) is 6.61 Å². The first-order chi connectivity index (χ1) is 34.6. The first kappa shape index (κ1) is 66.2. The second-order valence-corrected chi connectivity index (χ2v) is 20.3. The SMILES string of the molecule is CCCCC/C=C\C/C=C\CCCCCCCC(=O)OC(COC(=O)CCCCCCCCCCCCCCCCCCC)COC1OC(C(=O)O)C(O)C(O)C1OC(=O)CCCCCCCCCCC. The molecule has 414 valence electrons. The van der Waals surface area contributed by atoms with Gasteiger partial charge in [0.25, 0.3) is 0 Å². The molecule has 6 atom stereocenters. The van der Waals surface area contributed by atoms with Crippen LogP contribution >= 0.6 is 0 Å². The highest BCUT2D eigenvalue weighted by Crippen LogP contribution is 2.26. The fraction of sp³-hybridized carbons (Fsp3) is 0.864. The molecule has 0 aliphatic carbocycles. The van der Waals surface area contributed by atoms with E-state index in [9.17, 15) is 34.5 Å². The molecule has 0 radical (unpaired) electrons. The van der Waals surface area contributed by atoms with E-state index in [1.54, 1.807) is 0 Å². The molecule has 3 N–H and O–H groups in total. The van der Waals surface area contributed by atoms with Crippen LogP contribution in [0.5, 0.6) is 0 Å². The van der Waals surface area contributed by atoms with Crippen LogP contribution in [0.2, 0.25) is 0 Å². The van der Waals surface area contributed by atoms with Crippen LogP contribution in [0.4, 0.5) is 0 Å². The third-order valence-corrected chi connectivity index (χ3v) is 13.5. The number of aliphatic hydroxyl groups excluding tert-OH is 2. The van der Waals surface area contributed by atoms with Gasteiger partial charge in [0.1, 0.15) is 18.8 Å². The molecular formula is C59H106O12. The molecule has 0 amide bonds. The highest BCUT2D eigenvalue weighted by Gasteiger charge is 2.50. The van der Waals surface area contributed by atoms with Gasteiger partial charge >= 0.3 is 23.9 Å². The molecule has 0 spiro atoms. The van der Waals surface area contributed by atoms with E-state index in [2.05, 4.69) is 45.1 Å². The van der Waals surface area contributed by atoms with Crippen molar-refractivity contribution in [1.29, 1.82) is 0 Å². The molecule has 1 aliphatic heterocycles. The van der Waals surface area contributed by atoms with Crippen LogP contribution in [0.25, 0.3) is 0 Å². The Labute approximate surface area is 432 Å². The van der Waals surface area contributed by atoms with Crippen LogP contribution in [-0.4, -0.2) is 89.2 Å². The van der Waals surface area contributed by atoms with E-state index < -0.39 is 67.3 Å². The monoisotopic (exact) mass is 1010 g/mol. The molecule has 0 aromatic carbocycles. The fourth-order valence-corrected chi connectivity index (χ4v) is 8.99. The number of aliphatic hydroxyl groups is 2. The van der Waals surface area contributed by atoms with Gasteiger partial charge in [0.2, 0.25) is 0 Å². The van der Waals surface area contributed by atoms with E-state index in [1.807, 2.05) is 0 Å². The van der Waals surface area contributed by atoms with Gasteiger partial charge < -0.3 is 39.0 Å². The number of hydrogen-bond acceptors (Lipinski definition) is 11. The molecular weight excluding hydrogens is 901 g/mol. The Kier molecular flexibility index (Phi) is 44.9. The van der Waals surface area contributed by atoms with Crippen LogP contribution in [0.3, 0.4) is 0 Å². The highest BCUT2D eigenvalue weighted by atomic mass is 16.7. The maximum atomic E-state index is 13.1. The lowest BCUT2D eigenvalue weighted by atomic mass is 9.98. The normalized spacial score (nSPS) is 18.6. The van der Waals surface area contributed by atoms with Crippen LogP contribution in [0.15, 0.2) is 24.3 Å². The molecule has 0 aromatic rings. The number of carboxylic acids is 1. The zero-order valence-electron chi connectivity index (χ0n) is 45.5. The van der Waals surface area contributed by atoms with Crippen molar-refractivity contribution in [3.63, 3.8) is 0 Å². The van der Waals surface area contributed by atoms with Crippen molar-refractivity contribution in [3.8, 4) is 0 Å². The lowest BCUT2D eigenvalue weighted by Gasteiger charge is -2.40. The zero-order chi connectivity index (χ0) is 51.8. The smallest absolute Gasteiger partial charge is 0.335 e. The predicted molar refractivity (Wildman–Crippen MR) is 285 cm³/mol. The molecule has 1 fully saturated rings. The number of esters is 3. The lowest BCUT2D eigenvalue weighted by Crippen LogP contribution is -2.61. The summed E-state index contributed by atoms with van der Waals surface area (Å²) in [6, 6.07) is 0. The topological polar surface area (TPSA) is 175 Å². The summed E-state index contributed by atoms with van der Waals surface area (Å²) >= 11 is 0. The van der Waals surface area contributed by atoms with Crippen molar-refractivity contribution < 1.29 is 58.2 Å². The Bertz CT molecular complexity index is 1340. The van der Waals surface area contributed by atoms with Crippen molar-refractivity contribution in [1.82, 2.24) is 0 Å². The van der Waals surface area contributed by atoms with Crippen molar-refractivity contribution in [2.45, 2.75) is 314 Å². The maximum Gasteiger partial charge on any atom is 0.335 e. The predicted octanol–water partition coefficient (Wildman–Crippen LogP) is 14.7. The van der Waals surface area contributed by atoms with Gasteiger partial charge in [0.15, 0.2) is 24.6 Å². The van der Waals surface area contributed by atoms with Crippen LogP contribution in [0.1, 0.15) is 278 Å². The summed E-state index contributed by atoms with van der Waals surface area (Å²) in [7, 11) is 0. The molecule has 1 heterocycles. The zero-order valence-corrected chi connectivity index (χ0v) is 45.5. The third kappa shape index (κ3) is 38.4. The minimum Gasteiger partial charge on any atom is -0.479 e. The summed E-state index contributed by atoms with van der Waals surface area (Å²) in [5, 5.41) is 31.4. The van der Waals surface area contributed by atoms with Crippen molar-refractivity contribution in [2.75, 3.05) is 13.2 Å². The van der Waals surface area contributed by atoms with Gasteiger partial charge in [-0.2, -0.15) is 0 Å². The number of carboxylic acid groups (broad SMARTS) is 1. The van der Waals surface area contributed by atoms with E-state index in [-0.39, 0.29) is 25.9 Å². The maximum absolute atomic E-state index is 13.1. The molecule has 71 heavy (non-hydrogen) atoms. The molecule has 0 saturated carbocycles. The second kappa shape index (κ2) is 48.2. The van der Waals surface area contributed by atoms with Gasteiger partial charge in [-0.3, -0.25) is 14.4 Å². The number of hydrogen-bond donors (Lipinski definition) is 3. The number of carbonyl (C=O) groups excluding carboxylic acids is 3. The van der Waals surface area contributed by atoms with Crippen LogP contribution in [0, 0.1) is 0 Å². The molecule has 1 saturated heterocycles. The number of allylic oxidation sites excluding steroid dienone is 4. The average molecular weight is 1010 g/mol. The number of rotatable bonds is 50. The summed E-state index contributed by atoms with van der Waals surface area (Å²) < 4.78 is 28.4. The van der Waals surface area contributed by atoms with Gasteiger partial charge in [-0.05, 0) is 51.4 Å². The Balaban J connectivity index is 2.67. The second-order valence-electron chi connectivity index (χ2n) is 20.3. The number of unbranched alkanes of at least 4 members (excludes halogenated alkanes) is 32. The Morgan fingerprint density at radius 2 is 0.845 bits per heavy atom. The minimum atomic E-state index is -1.90. The summed E-state index contributed by atoms with van der Waals surface area (Å²) in [6.07, 6.45) is 41.7. The van der Waals surface area contributed by atoms with Crippen molar-refractivity contribution in [3.05, 3.63) is 24.3 Å². The van der Waals surface area contributed by atoms with E-state index in [0.29, 0.717) is 19.3 Å². The van der Waals surface area contributed by atoms with E-state index in [0.717, 1.165) is 89.9 Å². The molecule has 12 heteroatoms. The van der Waals surface area contributed by atoms with E-state index in [1.165, 1.54) is 128 Å². The summed E-state index contributed by atoms with van der Waals surface area (Å²) in [4.78, 5) is 51.0. The highest BCUT2D eigenvalue weighted by molar-refractivity contribution is 5.74. The summed E-state index contributed by atoms with van der Waals surface area (Å²) in [5.41, 5.74) is 0. The summed E-state index contributed by atoms with van der Waals surface area (Å²) in [6.45, 7) is 5.95. The van der Waals surface area contributed by atoms with E-state index >= 15 is 0 Å². The van der Waals surface area contributed by atoms with E-state index in [4.69, 9.17) is 23.7 Å². The third-order valence-electron chi connectivity index (χ3n) is 13.5. The van der Waals surface area contributed by atoms with Gasteiger partial charge in [-0.25, -0.2) is 4.79 Å². The molecule has 6 unspecified atom stereocenters. The van der Waals surface area contributed by atoms with Gasteiger partial charge in [0, 0.05) is 19.3 Å². The Morgan fingerprint density at radius 1 is 0.465 bits per heavy atom. The van der Waals surface area contributed by atoms with Crippen molar-refractivity contribution in [2.24, 2.45) is 0 Å². The Hall–Kier alpha value is -2.80. The fourth-order valence-electron chi connectivity index (χ4n) is 8.99. The Morgan fingerprint density at radius 3 is 1.30 bits per heavy atom. The lowest BCUT2D eigenvalue weighted by molar-refractivity contribution is -0.301. The molecule has 0 bridgehead atoms. The van der Waals surface area contributed by atoms with Gasteiger partial charge in [-0.15, -0.1) is 0 Å². The average Bonchev–Trinajstić information content (AvgIpc) is 3.35.